The molecule has 0 bridgehead atoms. The fourth-order valence-electron chi connectivity index (χ4n) is 8.99. The zero-order valence-corrected chi connectivity index (χ0v) is 30.7. The third kappa shape index (κ3) is 6.54. The number of carbonyl (C=O) groups excluding carboxylic acids is 2. The molecule has 9 rings (SSSR count). The maximum Gasteiger partial charge on any atom is 0.407 e. The quantitative estimate of drug-likeness (QED) is 0.179. The van der Waals surface area contributed by atoms with Gasteiger partial charge in [0.1, 0.15) is 11.9 Å². The van der Waals surface area contributed by atoms with Gasteiger partial charge in [-0.25, -0.2) is 9.78 Å². The lowest BCUT2D eigenvalue weighted by molar-refractivity contribution is -0.136. The molecule has 3 N–H and O–H groups in total. The van der Waals surface area contributed by atoms with Crippen molar-refractivity contribution >= 4 is 34.3 Å². The largest absolute Gasteiger partial charge is 0.453 e. The number of allylic oxidation sites excluding steroid dienone is 3. The van der Waals surface area contributed by atoms with Crippen LogP contribution in [-0.2, 0) is 20.2 Å². The molecule has 3 saturated heterocycles. The number of rotatable bonds is 7. The van der Waals surface area contributed by atoms with E-state index in [1.54, 1.807) is 29.2 Å². The number of nitrogens with zero attached hydrogens (tertiary/aromatic N) is 3. The second-order valence-corrected chi connectivity index (χ2v) is 15.2. The number of nitrogens with one attached hydrogen (secondary N) is 3. The first-order valence-electron chi connectivity index (χ1n) is 19.4. The first kappa shape index (κ1) is 35.5. The zero-order valence-electron chi connectivity index (χ0n) is 30.7. The summed E-state index contributed by atoms with van der Waals surface area (Å²) in [5.74, 6) is -2.74. The van der Waals surface area contributed by atoms with Crippen LogP contribution in [-0.4, -0.2) is 78.1 Å². The number of methoxy groups -OCH3 is 1. The molecule has 0 saturated carbocycles. The fraction of sp³-hybridized carbons (Fsp3) is 0.395. The number of likely N-dealkylation sites (tertiary alicyclic amines) is 1. The van der Waals surface area contributed by atoms with Gasteiger partial charge < -0.3 is 30.0 Å². The van der Waals surface area contributed by atoms with Crippen molar-refractivity contribution in [1.29, 1.82) is 0 Å². The molecule has 3 aromatic carbocycles. The van der Waals surface area contributed by atoms with Crippen LogP contribution >= 0.6 is 0 Å². The van der Waals surface area contributed by atoms with Crippen molar-refractivity contribution < 1.29 is 27.8 Å². The minimum absolute atomic E-state index is 0.00234. The monoisotopic (exact) mass is 746 g/mol. The molecular formula is C43H44F2N6O4. The Labute approximate surface area is 318 Å². The second-order valence-electron chi connectivity index (χ2n) is 15.2. The summed E-state index contributed by atoms with van der Waals surface area (Å²) < 4.78 is 43.1. The highest BCUT2D eigenvalue weighted by Gasteiger charge is 2.45. The SMILES string of the molecule is COC(=O)N[C@H](C(=O)N1CCC[C@H]1c1nc2ccc(-c3ccc4c(c3)C(F)(F)c3cc(C5=CN=C([C@@H]6CCCN6)CC=C5)ccc3-4)cc2[nH]1)C1CCOCC1. The summed E-state index contributed by atoms with van der Waals surface area (Å²) in [6.07, 6.45) is 11.0. The minimum atomic E-state index is -3.18. The van der Waals surface area contributed by atoms with Gasteiger partial charge in [0, 0.05) is 55.3 Å². The number of aromatic nitrogens is 2. The summed E-state index contributed by atoms with van der Waals surface area (Å²) >= 11 is 0. The Bertz CT molecular complexity index is 2250. The van der Waals surface area contributed by atoms with Gasteiger partial charge in [0.2, 0.25) is 5.91 Å². The summed E-state index contributed by atoms with van der Waals surface area (Å²) in [7, 11) is 1.29. The van der Waals surface area contributed by atoms with Crippen molar-refractivity contribution in [3.8, 4) is 22.3 Å². The smallest absolute Gasteiger partial charge is 0.407 e. The number of aliphatic imine (C=N–C) groups is 1. The molecule has 0 spiro atoms. The summed E-state index contributed by atoms with van der Waals surface area (Å²) in [5.41, 5.74) is 6.60. The molecule has 12 heteroatoms. The Balaban J connectivity index is 0.965. The lowest BCUT2D eigenvalue weighted by atomic mass is 9.90. The van der Waals surface area contributed by atoms with Crippen molar-refractivity contribution in [1.82, 2.24) is 25.5 Å². The average Bonchev–Trinajstić information content (AvgIpc) is 4.01. The van der Waals surface area contributed by atoms with E-state index >= 15 is 8.78 Å². The Morgan fingerprint density at radius 1 is 0.964 bits per heavy atom. The highest BCUT2D eigenvalue weighted by molar-refractivity contribution is 5.94. The van der Waals surface area contributed by atoms with Crippen molar-refractivity contribution in [3.63, 3.8) is 0 Å². The molecule has 2 amide bonds. The molecule has 10 nitrogen and oxygen atoms in total. The second kappa shape index (κ2) is 14.5. The van der Waals surface area contributed by atoms with Crippen LogP contribution in [0.1, 0.15) is 73.5 Å². The molecule has 1 aromatic heterocycles. The van der Waals surface area contributed by atoms with E-state index in [0.717, 1.165) is 66.5 Å². The number of ether oxygens (including phenoxy) is 2. The molecule has 5 heterocycles. The highest BCUT2D eigenvalue weighted by Crippen LogP contribution is 2.52. The van der Waals surface area contributed by atoms with E-state index in [9.17, 15) is 9.59 Å². The number of amides is 2. The maximum atomic E-state index is 16.4. The minimum Gasteiger partial charge on any atom is -0.453 e. The van der Waals surface area contributed by atoms with Gasteiger partial charge in [-0.3, -0.25) is 9.79 Å². The van der Waals surface area contributed by atoms with Crippen LogP contribution in [0.15, 0.2) is 77.9 Å². The first-order chi connectivity index (χ1) is 26.8. The van der Waals surface area contributed by atoms with Crippen LogP contribution < -0.4 is 10.6 Å². The Hall–Kier alpha value is -5.20. The molecule has 55 heavy (non-hydrogen) atoms. The average molecular weight is 747 g/mol. The van der Waals surface area contributed by atoms with E-state index in [2.05, 4.69) is 21.7 Å². The van der Waals surface area contributed by atoms with E-state index in [1.807, 2.05) is 42.6 Å². The number of hydrogen-bond donors (Lipinski definition) is 3. The topological polar surface area (TPSA) is 121 Å². The van der Waals surface area contributed by atoms with Gasteiger partial charge >= 0.3 is 6.09 Å². The Kier molecular flexibility index (Phi) is 9.34. The summed E-state index contributed by atoms with van der Waals surface area (Å²) in [5, 5.41) is 6.29. The maximum absolute atomic E-state index is 16.4. The molecule has 3 atom stereocenters. The molecule has 0 radical (unpaired) electrons. The number of imidazole rings is 1. The number of halogens is 2. The normalized spacial score (nSPS) is 22.5. The van der Waals surface area contributed by atoms with Gasteiger partial charge in [0.15, 0.2) is 0 Å². The third-order valence-corrected chi connectivity index (χ3v) is 11.9. The molecule has 0 unspecified atom stereocenters. The summed E-state index contributed by atoms with van der Waals surface area (Å²) in [6.45, 7) is 2.61. The van der Waals surface area contributed by atoms with Crippen molar-refractivity contribution in [2.45, 2.75) is 69.0 Å². The van der Waals surface area contributed by atoms with Gasteiger partial charge in [-0.15, -0.1) is 0 Å². The predicted octanol–water partition coefficient (Wildman–Crippen LogP) is 7.66. The molecular weight excluding hydrogens is 703 g/mol. The van der Waals surface area contributed by atoms with Crippen LogP contribution in [0.2, 0.25) is 0 Å². The van der Waals surface area contributed by atoms with Gasteiger partial charge in [-0.1, -0.05) is 42.5 Å². The van der Waals surface area contributed by atoms with Crippen molar-refractivity contribution in [2.24, 2.45) is 10.9 Å². The van der Waals surface area contributed by atoms with Crippen molar-refractivity contribution in [3.05, 3.63) is 95.5 Å². The number of carbonyl (C=O) groups is 2. The predicted molar refractivity (Wildman–Crippen MR) is 207 cm³/mol. The van der Waals surface area contributed by atoms with Crippen molar-refractivity contribution in [2.75, 3.05) is 33.4 Å². The van der Waals surface area contributed by atoms with Crippen LogP contribution in [0.3, 0.4) is 0 Å². The van der Waals surface area contributed by atoms with Crippen LogP contribution in [0.5, 0.6) is 0 Å². The van der Waals surface area contributed by atoms with E-state index in [0.29, 0.717) is 60.7 Å². The molecule has 4 aromatic rings. The van der Waals surface area contributed by atoms with Gasteiger partial charge in [0.05, 0.1) is 24.2 Å². The Morgan fingerprint density at radius 2 is 1.71 bits per heavy atom. The first-order valence-corrected chi connectivity index (χ1v) is 19.4. The number of alkyl carbamates (subject to hydrolysis) is 1. The van der Waals surface area contributed by atoms with Crippen LogP contribution in [0, 0.1) is 5.92 Å². The van der Waals surface area contributed by atoms with E-state index in [-0.39, 0.29) is 35.0 Å². The molecule has 284 valence electrons. The number of hydrogen-bond acceptors (Lipinski definition) is 7. The number of alkyl halides is 2. The summed E-state index contributed by atoms with van der Waals surface area (Å²) in [4.78, 5) is 41.2. The van der Waals surface area contributed by atoms with Gasteiger partial charge in [0.25, 0.3) is 5.92 Å². The molecule has 5 aliphatic rings. The van der Waals surface area contributed by atoms with Gasteiger partial charge in [-0.05, 0) is 109 Å². The number of benzene rings is 3. The van der Waals surface area contributed by atoms with Crippen LogP contribution in [0.25, 0.3) is 38.9 Å². The lowest BCUT2D eigenvalue weighted by Crippen LogP contribution is -2.53. The van der Waals surface area contributed by atoms with E-state index in [4.69, 9.17) is 19.5 Å². The summed E-state index contributed by atoms with van der Waals surface area (Å²) in [6, 6.07) is 15.6. The Morgan fingerprint density at radius 3 is 2.47 bits per heavy atom. The fourth-order valence-corrected chi connectivity index (χ4v) is 8.99. The highest BCUT2D eigenvalue weighted by atomic mass is 19.3. The molecule has 4 aliphatic heterocycles. The lowest BCUT2D eigenvalue weighted by Gasteiger charge is -2.34. The third-order valence-electron chi connectivity index (χ3n) is 11.9. The van der Waals surface area contributed by atoms with Gasteiger partial charge in [-0.2, -0.15) is 8.78 Å². The van der Waals surface area contributed by atoms with E-state index in [1.165, 1.54) is 7.11 Å². The van der Waals surface area contributed by atoms with E-state index < -0.39 is 18.1 Å². The van der Waals surface area contributed by atoms with Crippen LogP contribution in [0.4, 0.5) is 13.6 Å². The molecule has 3 fully saturated rings. The molecule has 1 aliphatic carbocycles. The number of aromatic amines is 1. The zero-order chi connectivity index (χ0) is 37.7. The standard InChI is InChI=1S/C43H44F2N6O4/c1-54-42(53)50-39(25-15-19-55-20-16-25)41(52)51-18-4-8-38(51)40-48-36-14-11-28(23-37(36)49-40)26-9-12-30-31-13-10-27(22-33(31)43(44,45)32(30)21-26)29-5-2-6-35(47-24-29)34-7-3-17-46-34/h2,5,9-14,21-25,34,38-39,46H,3-4,6-8,15-20H2,1H3,(H,48,49)(H,50,53)/t34-,38-,39-/m0/s1. The number of fused-ring (bicyclic) bond motifs is 4. The number of H-pyrrole nitrogens is 1.